The first-order valence-corrected chi connectivity index (χ1v) is 17.7. The normalized spacial score (nSPS) is 11.4. The molecular formula is C36H38N2O6S2-2. The fourth-order valence-electron chi connectivity index (χ4n) is 4.66. The second kappa shape index (κ2) is 18.0. The van der Waals surface area contributed by atoms with Gasteiger partial charge >= 0.3 is 0 Å². The number of carbonyl (C=O) groups is 1. The predicted octanol–water partition coefficient (Wildman–Crippen LogP) is 7.50. The van der Waals surface area contributed by atoms with Gasteiger partial charge in [-0.3, -0.25) is 0 Å². The van der Waals surface area contributed by atoms with Crippen molar-refractivity contribution in [1.29, 1.82) is 0 Å². The van der Waals surface area contributed by atoms with Crippen LogP contribution in [0, 0.1) is 0 Å². The lowest BCUT2D eigenvalue weighted by molar-refractivity contribution is -0.297. The molecule has 46 heavy (non-hydrogen) atoms. The number of aromatic nitrogens is 1. The Morgan fingerprint density at radius 1 is 0.891 bits per heavy atom. The second-order valence-corrected chi connectivity index (χ2v) is 13.2. The smallest absolute Gasteiger partial charge is 0.144 e. The van der Waals surface area contributed by atoms with E-state index in [4.69, 9.17) is 9.47 Å². The number of benzene rings is 3. The summed E-state index contributed by atoms with van der Waals surface area (Å²) in [5.41, 5.74) is 2.78. The lowest BCUT2D eigenvalue weighted by atomic mass is 10.0. The molecule has 10 heteroatoms. The summed E-state index contributed by atoms with van der Waals surface area (Å²) in [6.07, 6.45) is 9.97. The molecule has 242 valence electrons. The number of ether oxygens (including phenoxy) is 2. The van der Waals surface area contributed by atoms with Crippen LogP contribution in [0.1, 0.15) is 55.5 Å². The molecule has 8 nitrogen and oxygen atoms in total. The van der Waals surface area contributed by atoms with Gasteiger partial charge in [0.05, 0.1) is 30.3 Å². The minimum absolute atomic E-state index is 0.133. The number of rotatable bonds is 19. The molecular weight excluding hydrogens is 621 g/mol. The lowest BCUT2D eigenvalue weighted by Crippen LogP contribution is -2.18. The number of sulfonamides is 1. The van der Waals surface area contributed by atoms with Gasteiger partial charge in [-0.2, -0.15) is 0 Å². The highest BCUT2D eigenvalue weighted by atomic mass is 32.2. The molecule has 0 atom stereocenters. The lowest BCUT2D eigenvalue weighted by Gasteiger charge is -2.22. The molecule has 0 aliphatic heterocycles. The van der Waals surface area contributed by atoms with E-state index in [1.807, 2.05) is 24.3 Å². The number of unbranched alkanes of at least 4 members (excludes halogenated alkanes) is 5. The number of hydrogen-bond acceptors (Lipinski definition) is 8. The fourth-order valence-corrected chi connectivity index (χ4v) is 6.51. The molecule has 0 spiro atoms. The van der Waals surface area contributed by atoms with Gasteiger partial charge in [-0.25, -0.2) is 13.4 Å². The van der Waals surface area contributed by atoms with Crippen molar-refractivity contribution in [3.63, 3.8) is 0 Å². The number of pyridine rings is 1. The molecule has 0 saturated heterocycles. The first kappa shape index (κ1) is 34.6. The van der Waals surface area contributed by atoms with E-state index < -0.39 is 16.0 Å². The van der Waals surface area contributed by atoms with Gasteiger partial charge in [0.15, 0.2) is 0 Å². The molecule has 0 aliphatic rings. The number of aryl methyl sites for hydroxylation is 1. The standard InChI is InChI=1S/C36H39N2O6S2/c1-43-31-20-17-28(18-21-31)12-7-4-2-3-5-10-25-44-35-23-19-30(37-34(35)22-24-36(39)40)27-45-32-14-11-13-29(26-32)38-46(41,42)33-15-8-6-9-16-33/h6,8-9,11,13-24,26H,2-5,7,10,12,25,27H2,1H3,(H,39,40)/q-1/p-1/b24-22+. The van der Waals surface area contributed by atoms with Gasteiger partial charge in [0.2, 0.25) is 0 Å². The highest BCUT2D eigenvalue weighted by molar-refractivity contribution is 7.98. The second-order valence-electron chi connectivity index (χ2n) is 10.6. The van der Waals surface area contributed by atoms with E-state index in [1.54, 1.807) is 49.6 Å². The quantitative estimate of drug-likeness (QED) is 0.0577. The molecule has 0 N–H and O–H groups in total. The summed E-state index contributed by atoms with van der Waals surface area (Å²) < 4.78 is 40.4. The van der Waals surface area contributed by atoms with Crippen LogP contribution in [0.25, 0.3) is 10.8 Å². The number of carbonyl (C=O) groups excluding carboxylic acids is 1. The van der Waals surface area contributed by atoms with Crippen LogP contribution in [0.4, 0.5) is 5.69 Å². The third-order valence-electron chi connectivity index (χ3n) is 7.07. The Morgan fingerprint density at radius 2 is 1.63 bits per heavy atom. The average molecular weight is 659 g/mol. The van der Waals surface area contributed by atoms with Gasteiger partial charge in [-0.15, -0.1) is 17.4 Å². The van der Waals surface area contributed by atoms with Crippen LogP contribution in [-0.4, -0.2) is 33.1 Å². The molecule has 4 aromatic rings. The van der Waals surface area contributed by atoms with Crippen LogP contribution in [0.5, 0.6) is 11.5 Å². The summed E-state index contributed by atoms with van der Waals surface area (Å²) in [5.74, 6) is 0.549. The predicted molar refractivity (Wildman–Crippen MR) is 181 cm³/mol. The average Bonchev–Trinajstić information content (AvgIpc) is 3.06. The Morgan fingerprint density at radius 3 is 2.37 bits per heavy atom. The number of aliphatic carboxylic acids is 1. The van der Waals surface area contributed by atoms with Crippen molar-refractivity contribution in [3.8, 4) is 11.5 Å². The van der Waals surface area contributed by atoms with Crippen LogP contribution >= 0.6 is 11.8 Å². The third kappa shape index (κ3) is 11.6. The first-order valence-electron chi connectivity index (χ1n) is 15.2. The SMILES string of the molecule is COc1ccc(CCCCCCCCOc2ccc(CSc3cccc([N-]S(=O)(=O)c4ccccc4)c3)nc2/C=C/C(=O)[O-])cc1. The fraction of sp³-hybridized carbons (Fsp3) is 0.278. The van der Waals surface area contributed by atoms with Gasteiger partial charge in [-0.05, 0) is 79.4 Å². The maximum atomic E-state index is 12.6. The van der Waals surface area contributed by atoms with Gasteiger partial charge < -0.3 is 24.1 Å². The summed E-state index contributed by atoms with van der Waals surface area (Å²) in [5, 5.41) is 11.1. The van der Waals surface area contributed by atoms with E-state index >= 15 is 0 Å². The van der Waals surface area contributed by atoms with Crippen molar-refractivity contribution in [3.05, 3.63) is 119 Å². The maximum Gasteiger partial charge on any atom is 0.144 e. The molecule has 1 heterocycles. The number of methoxy groups -OCH3 is 1. The van der Waals surface area contributed by atoms with Crippen molar-refractivity contribution in [2.24, 2.45) is 0 Å². The van der Waals surface area contributed by atoms with E-state index in [2.05, 4.69) is 21.8 Å². The van der Waals surface area contributed by atoms with Crippen molar-refractivity contribution < 1.29 is 27.8 Å². The summed E-state index contributed by atoms with van der Waals surface area (Å²) >= 11 is 1.47. The van der Waals surface area contributed by atoms with E-state index in [1.165, 1.54) is 48.4 Å². The number of carboxylic acid groups (broad SMARTS) is 1. The number of thioether (sulfide) groups is 1. The zero-order valence-electron chi connectivity index (χ0n) is 25.8. The van der Waals surface area contributed by atoms with Crippen molar-refractivity contribution >= 4 is 39.5 Å². The molecule has 3 aromatic carbocycles. The zero-order valence-corrected chi connectivity index (χ0v) is 27.5. The first-order chi connectivity index (χ1) is 22.3. The highest BCUT2D eigenvalue weighted by Crippen LogP contribution is 2.32. The van der Waals surface area contributed by atoms with Crippen LogP contribution in [0.2, 0.25) is 0 Å². The summed E-state index contributed by atoms with van der Waals surface area (Å²) in [6.45, 7) is 0.510. The summed E-state index contributed by atoms with van der Waals surface area (Å²) in [7, 11) is -2.15. The Balaban J connectivity index is 1.23. The summed E-state index contributed by atoms with van der Waals surface area (Å²) in [6, 6.07) is 26.9. The van der Waals surface area contributed by atoms with E-state index in [-0.39, 0.29) is 4.90 Å². The Labute approximate surface area is 275 Å². The Bertz CT molecular complexity index is 1680. The Kier molecular flexibility index (Phi) is 13.5. The minimum atomic E-state index is -3.82. The van der Waals surface area contributed by atoms with Crippen molar-refractivity contribution in [2.45, 2.75) is 60.5 Å². The number of carboxylic acids is 1. The molecule has 1 aromatic heterocycles. The van der Waals surface area contributed by atoms with Crippen LogP contribution in [0.3, 0.4) is 0 Å². The van der Waals surface area contributed by atoms with Gasteiger partial charge in [0.25, 0.3) is 0 Å². The third-order valence-corrected chi connectivity index (χ3v) is 9.41. The van der Waals surface area contributed by atoms with Crippen LogP contribution < -0.4 is 14.6 Å². The van der Waals surface area contributed by atoms with Crippen molar-refractivity contribution in [2.75, 3.05) is 13.7 Å². The molecule has 0 aliphatic carbocycles. The molecule has 0 bridgehead atoms. The molecule has 4 rings (SSSR count). The van der Waals surface area contributed by atoms with Crippen molar-refractivity contribution in [1.82, 2.24) is 4.98 Å². The van der Waals surface area contributed by atoms with E-state index in [0.717, 1.165) is 48.8 Å². The highest BCUT2D eigenvalue weighted by Gasteiger charge is 2.08. The Hall–Kier alpha value is -4.28. The van der Waals surface area contributed by atoms with E-state index in [0.29, 0.717) is 35.2 Å². The molecule has 0 radical (unpaired) electrons. The minimum Gasteiger partial charge on any atom is -0.573 e. The molecule has 0 saturated carbocycles. The topological polar surface area (TPSA) is 120 Å². The van der Waals surface area contributed by atoms with Gasteiger partial charge in [0, 0.05) is 10.6 Å². The molecule has 0 fully saturated rings. The molecule has 0 unspecified atom stereocenters. The maximum absolute atomic E-state index is 12.6. The monoisotopic (exact) mass is 658 g/mol. The summed E-state index contributed by atoms with van der Waals surface area (Å²) in [4.78, 5) is 16.7. The van der Waals surface area contributed by atoms with Gasteiger partial charge in [-0.1, -0.05) is 74.2 Å². The molecule has 0 amide bonds. The number of nitrogens with zero attached hydrogens (tertiary/aromatic N) is 2. The van der Waals surface area contributed by atoms with Gasteiger partial charge in [0.1, 0.15) is 27.2 Å². The zero-order chi connectivity index (χ0) is 32.6. The van der Waals surface area contributed by atoms with Crippen LogP contribution in [0.15, 0.2) is 107 Å². The largest absolute Gasteiger partial charge is 0.573 e. The van der Waals surface area contributed by atoms with Crippen LogP contribution in [-0.2, 0) is 27.0 Å². The van der Waals surface area contributed by atoms with E-state index in [9.17, 15) is 18.3 Å². The number of hydrogen-bond donors (Lipinski definition) is 0.